The molecule has 0 aliphatic heterocycles. The lowest BCUT2D eigenvalue weighted by molar-refractivity contribution is 0.0949. The molecule has 0 fully saturated rings. The van der Waals surface area contributed by atoms with Gasteiger partial charge in [0.25, 0.3) is 5.91 Å². The molecule has 8 heteroatoms. The largest absolute Gasteiger partial charge is 0.489 e. The Bertz CT molecular complexity index is 1270. The van der Waals surface area contributed by atoms with Crippen LogP contribution in [0.15, 0.2) is 67.0 Å². The minimum atomic E-state index is -0.751. The molecule has 0 radical (unpaired) electrons. The Morgan fingerprint density at radius 3 is 2.55 bits per heavy atom. The number of carbonyl (C=O) groups is 1. The topological polar surface area (TPSA) is 69.0 Å². The van der Waals surface area contributed by atoms with E-state index in [4.69, 9.17) is 4.74 Å². The van der Waals surface area contributed by atoms with E-state index in [1.807, 2.05) is 36.4 Å². The number of aryl methyl sites for hydroxylation is 1. The second-order valence-corrected chi connectivity index (χ2v) is 7.53. The molecular formula is C25H22F2N4O2. The van der Waals surface area contributed by atoms with Gasteiger partial charge in [-0.05, 0) is 49.7 Å². The number of nitrogens with one attached hydrogen (secondary N) is 1. The summed E-state index contributed by atoms with van der Waals surface area (Å²) < 4.78 is 34.5. The van der Waals surface area contributed by atoms with E-state index in [1.54, 1.807) is 26.2 Å². The molecule has 2 aromatic heterocycles. The van der Waals surface area contributed by atoms with E-state index < -0.39 is 11.6 Å². The van der Waals surface area contributed by atoms with Crippen molar-refractivity contribution in [1.82, 2.24) is 20.1 Å². The van der Waals surface area contributed by atoms with Crippen LogP contribution in [0.5, 0.6) is 5.75 Å². The number of amides is 1. The summed E-state index contributed by atoms with van der Waals surface area (Å²) >= 11 is 0. The van der Waals surface area contributed by atoms with Gasteiger partial charge in [0.05, 0.1) is 17.0 Å². The van der Waals surface area contributed by atoms with Gasteiger partial charge < -0.3 is 10.1 Å². The normalized spacial score (nSPS) is 10.8. The van der Waals surface area contributed by atoms with Gasteiger partial charge in [0, 0.05) is 30.6 Å². The molecule has 1 N–H and O–H groups in total. The number of carbonyl (C=O) groups excluding carboxylic acids is 1. The zero-order chi connectivity index (χ0) is 23.4. The van der Waals surface area contributed by atoms with Crippen molar-refractivity contribution >= 4 is 5.91 Å². The van der Waals surface area contributed by atoms with Crippen molar-refractivity contribution in [3.8, 4) is 11.4 Å². The maximum atomic E-state index is 14.2. The first-order valence-electron chi connectivity index (χ1n) is 10.3. The number of nitrogens with zero attached hydrogens (tertiary/aromatic N) is 3. The van der Waals surface area contributed by atoms with Gasteiger partial charge in [-0.2, -0.15) is 5.10 Å². The average Bonchev–Trinajstić information content (AvgIpc) is 3.11. The quantitative estimate of drug-likeness (QED) is 0.446. The second kappa shape index (κ2) is 9.60. The first-order valence-corrected chi connectivity index (χ1v) is 10.3. The maximum Gasteiger partial charge on any atom is 0.255 e. The number of pyridine rings is 1. The molecule has 0 aliphatic carbocycles. The molecule has 0 unspecified atom stereocenters. The number of halogens is 2. The van der Waals surface area contributed by atoms with Gasteiger partial charge in [0.2, 0.25) is 0 Å². The Hall–Kier alpha value is -4.07. The standard InChI is InChI=1S/C25H22F2N4O2/c1-16-24(17(2)31(30-16)23-10-7-20(26)12-22(23)27)25(32)29-14-18-5-8-21(9-6-18)33-15-19-4-3-11-28-13-19/h3-13H,14-15H2,1-2H3,(H,29,32). The highest BCUT2D eigenvalue weighted by molar-refractivity contribution is 5.96. The van der Waals surface area contributed by atoms with Crippen LogP contribution < -0.4 is 10.1 Å². The first kappa shape index (κ1) is 22.1. The van der Waals surface area contributed by atoms with Crippen LogP contribution >= 0.6 is 0 Å². The van der Waals surface area contributed by atoms with E-state index in [-0.39, 0.29) is 11.6 Å². The van der Waals surface area contributed by atoms with Crippen molar-refractivity contribution in [3.63, 3.8) is 0 Å². The fourth-order valence-electron chi connectivity index (χ4n) is 3.48. The molecule has 0 aliphatic rings. The van der Waals surface area contributed by atoms with Crippen molar-refractivity contribution in [3.05, 3.63) is 107 Å². The molecule has 4 rings (SSSR count). The number of rotatable bonds is 7. The van der Waals surface area contributed by atoms with Gasteiger partial charge in [-0.15, -0.1) is 0 Å². The minimum absolute atomic E-state index is 0.0814. The first-order chi connectivity index (χ1) is 15.9. The predicted octanol–water partition coefficient (Wildman–Crippen LogP) is 4.67. The fourth-order valence-corrected chi connectivity index (χ4v) is 3.48. The Kier molecular flexibility index (Phi) is 6.44. The highest BCUT2D eigenvalue weighted by atomic mass is 19.1. The highest BCUT2D eigenvalue weighted by Gasteiger charge is 2.21. The van der Waals surface area contributed by atoms with Crippen molar-refractivity contribution in [2.45, 2.75) is 27.0 Å². The van der Waals surface area contributed by atoms with Crippen LogP contribution in [0, 0.1) is 25.5 Å². The van der Waals surface area contributed by atoms with Crippen molar-refractivity contribution in [1.29, 1.82) is 0 Å². The molecule has 2 aromatic carbocycles. The molecule has 0 spiro atoms. The van der Waals surface area contributed by atoms with Crippen LogP contribution in [-0.4, -0.2) is 20.7 Å². The summed E-state index contributed by atoms with van der Waals surface area (Å²) in [4.78, 5) is 16.9. The molecule has 0 bridgehead atoms. The smallest absolute Gasteiger partial charge is 0.255 e. The van der Waals surface area contributed by atoms with E-state index >= 15 is 0 Å². The van der Waals surface area contributed by atoms with Crippen LogP contribution in [-0.2, 0) is 13.2 Å². The lowest BCUT2D eigenvalue weighted by Crippen LogP contribution is -2.24. The van der Waals surface area contributed by atoms with Gasteiger partial charge in [-0.1, -0.05) is 18.2 Å². The summed E-state index contributed by atoms with van der Waals surface area (Å²) in [6.07, 6.45) is 3.46. The number of aromatic nitrogens is 3. The summed E-state index contributed by atoms with van der Waals surface area (Å²) in [7, 11) is 0. The second-order valence-electron chi connectivity index (χ2n) is 7.53. The Morgan fingerprint density at radius 2 is 1.85 bits per heavy atom. The zero-order valence-electron chi connectivity index (χ0n) is 18.2. The monoisotopic (exact) mass is 448 g/mol. The molecule has 2 heterocycles. The molecule has 1 amide bonds. The molecule has 0 saturated carbocycles. The van der Waals surface area contributed by atoms with Crippen LogP contribution in [0.1, 0.15) is 32.9 Å². The van der Waals surface area contributed by atoms with Gasteiger partial charge in [-0.3, -0.25) is 9.78 Å². The van der Waals surface area contributed by atoms with Gasteiger partial charge in [0.1, 0.15) is 23.9 Å². The van der Waals surface area contributed by atoms with Gasteiger partial charge >= 0.3 is 0 Å². The fraction of sp³-hybridized carbons (Fsp3) is 0.160. The van der Waals surface area contributed by atoms with E-state index in [0.29, 0.717) is 35.9 Å². The van der Waals surface area contributed by atoms with Gasteiger partial charge in [0.15, 0.2) is 5.82 Å². The number of ether oxygens (including phenoxy) is 1. The van der Waals surface area contributed by atoms with Crippen molar-refractivity contribution in [2.75, 3.05) is 0 Å². The van der Waals surface area contributed by atoms with Crippen LogP contribution in [0.3, 0.4) is 0 Å². The number of benzene rings is 2. The van der Waals surface area contributed by atoms with Gasteiger partial charge in [-0.25, -0.2) is 13.5 Å². The molecule has 168 valence electrons. The lowest BCUT2D eigenvalue weighted by Gasteiger charge is -2.09. The third-order valence-electron chi connectivity index (χ3n) is 5.16. The number of hydrogen-bond acceptors (Lipinski definition) is 4. The van der Waals surface area contributed by atoms with Crippen LogP contribution in [0.25, 0.3) is 5.69 Å². The van der Waals surface area contributed by atoms with E-state index in [9.17, 15) is 13.6 Å². The summed E-state index contributed by atoms with van der Waals surface area (Å²) in [6.45, 7) is 4.07. The lowest BCUT2D eigenvalue weighted by atomic mass is 10.1. The molecule has 0 saturated heterocycles. The Labute approximate surface area is 189 Å². The van der Waals surface area contributed by atoms with E-state index in [1.165, 1.54) is 10.7 Å². The van der Waals surface area contributed by atoms with Crippen LogP contribution in [0.4, 0.5) is 8.78 Å². The highest BCUT2D eigenvalue weighted by Crippen LogP contribution is 2.21. The van der Waals surface area contributed by atoms with E-state index in [2.05, 4.69) is 15.4 Å². The Morgan fingerprint density at radius 1 is 1.06 bits per heavy atom. The summed E-state index contributed by atoms with van der Waals surface area (Å²) in [5.41, 5.74) is 3.22. The average molecular weight is 448 g/mol. The Balaban J connectivity index is 1.40. The number of hydrogen-bond donors (Lipinski definition) is 1. The van der Waals surface area contributed by atoms with Crippen molar-refractivity contribution in [2.24, 2.45) is 0 Å². The molecule has 0 atom stereocenters. The predicted molar refractivity (Wildman–Crippen MR) is 119 cm³/mol. The molecule has 33 heavy (non-hydrogen) atoms. The summed E-state index contributed by atoms with van der Waals surface area (Å²) in [6, 6.07) is 14.4. The third-order valence-corrected chi connectivity index (χ3v) is 5.16. The molecule has 6 nitrogen and oxygen atoms in total. The molecule has 4 aromatic rings. The summed E-state index contributed by atoms with van der Waals surface area (Å²) in [5, 5.41) is 7.14. The van der Waals surface area contributed by atoms with E-state index in [0.717, 1.165) is 23.3 Å². The maximum absolute atomic E-state index is 14.2. The van der Waals surface area contributed by atoms with Crippen molar-refractivity contribution < 1.29 is 18.3 Å². The minimum Gasteiger partial charge on any atom is -0.489 e. The SMILES string of the molecule is Cc1nn(-c2ccc(F)cc2F)c(C)c1C(=O)NCc1ccc(OCc2cccnc2)cc1. The zero-order valence-corrected chi connectivity index (χ0v) is 18.2. The molecular weight excluding hydrogens is 426 g/mol. The summed E-state index contributed by atoms with van der Waals surface area (Å²) in [5.74, 6) is -1.04. The third kappa shape index (κ3) is 5.06. The van der Waals surface area contributed by atoms with Crippen LogP contribution in [0.2, 0.25) is 0 Å².